The average Bonchev–Trinajstić information content (AvgIpc) is 2.51. The summed E-state index contributed by atoms with van der Waals surface area (Å²) in [6.07, 6.45) is 0.327. The normalized spacial score (nSPS) is 13.3. The largest absolute Gasteiger partial charge is 0.486 e. The van der Waals surface area contributed by atoms with Gasteiger partial charge in [-0.3, -0.25) is 4.79 Å². The predicted octanol–water partition coefficient (Wildman–Crippen LogP) is 2.89. The monoisotopic (exact) mass is 385 g/mol. The van der Waals surface area contributed by atoms with Crippen LogP contribution in [0.1, 0.15) is 19.4 Å². The number of fused-ring (bicyclic) bond motifs is 1. The molecule has 0 saturated heterocycles. The summed E-state index contributed by atoms with van der Waals surface area (Å²) in [7, 11) is 1.65. The minimum Gasteiger partial charge on any atom is -0.486 e. The van der Waals surface area contributed by atoms with Crippen molar-refractivity contribution in [1.29, 1.82) is 0 Å². The Hall–Kier alpha value is -1.27. The van der Waals surface area contributed by atoms with E-state index in [2.05, 4.69) is 29.8 Å². The molecule has 0 saturated carbocycles. The minimum atomic E-state index is 0.0909. The zero-order valence-corrected chi connectivity index (χ0v) is 15.5. The van der Waals surface area contributed by atoms with Gasteiger partial charge in [0.1, 0.15) is 13.2 Å². The average molecular weight is 386 g/mol. The van der Waals surface area contributed by atoms with Crippen LogP contribution in [0, 0.1) is 5.92 Å². The summed E-state index contributed by atoms with van der Waals surface area (Å²) < 4.78 is 17.1. The first-order chi connectivity index (χ1) is 11.0. The molecular formula is C17H24BrNO4. The molecule has 6 heteroatoms. The minimum absolute atomic E-state index is 0.0909. The highest BCUT2D eigenvalue weighted by Gasteiger charge is 2.20. The number of nitrogens with zero attached hydrogens (tertiary/aromatic N) is 1. The Labute approximate surface area is 146 Å². The number of benzene rings is 1. The Morgan fingerprint density at radius 3 is 2.57 bits per heavy atom. The Balaban J connectivity index is 2.10. The molecule has 0 atom stereocenters. The van der Waals surface area contributed by atoms with Crippen molar-refractivity contribution in [3.8, 4) is 11.5 Å². The lowest BCUT2D eigenvalue weighted by atomic mass is 10.1. The van der Waals surface area contributed by atoms with Crippen molar-refractivity contribution in [2.75, 3.05) is 40.0 Å². The molecular weight excluding hydrogens is 362 g/mol. The van der Waals surface area contributed by atoms with Crippen LogP contribution in [-0.2, 0) is 16.0 Å². The van der Waals surface area contributed by atoms with Crippen LogP contribution >= 0.6 is 15.9 Å². The summed E-state index contributed by atoms with van der Waals surface area (Å²) in [5, 5.41) is 0. The van der Waals surface area contributed by atoms with Gasteiger partial charge in [0.25, 0.3) is 0 Å². The van der Waals surface area contributed by atoms with Crippen LogP contribution in [0.25, 0.3) is 0 Å². The van der Waals surface area contributed by atoms with Crippen LogP contribution in [0.3, 0.4) is 0 Å². The number of rotatable bonds is 7. The van der Waals surface area contributed by atoms with Gasteiger partial charge < -0.3 is 19.1 Å². The van der Waals surface area contributed by atoms with E-state index in [1.54, 1.807) is 7.11 Å². The first-order valence-corrected chi connectivity index (χ1v) is 8.65. The molecule has 2 rings (SSSR count). The molecule has 0 aliphatic carbocycles. The van der Waals surface area contributed by atoms with E-state index in [4.69, 9.17) is 14.2 Å². The highest BCUT2D eigenvalue weighted by Crippen LogP contribution is 2.35. The lowest BCUT2D eigenvalue weighted by Gasteiger charge is -2.25. The van der Waals surface area contributed by atoms with Gasteiger partial charge in [0.2, 0.25) is 5.91 Å². The second kappa shape index (κ2) is 8.55. The molecule has 1 aromatic rings. The third-order valence-electron chi connectivity index (χ3n) is 3.56. The van der Waals surface area contributed by atoms with Crippen molar-refractivity contribution >= 4 is 21.8 Å². The first kappa shape index (κ1) is 18.1. The third kappa shape index (κ3) is 5.11. The molecule has 1 amide bonds. The second-order valence-corrected chi connectivity index (χ2v) is 6.84. The molecule has 0 N–H and O–H groups in total. The quantitative estimate of drug-likeness (QED) is 0.723. The summed E-state index contributed by atoms with van der Waals surface area (Å²) in [6.45, 7) is 7.17. The molecule has 0 unspecified atom stereocenters. The zero-order valence-electron chi connectivity index (χ0n) is 13.9. The number of halogens is 1. The molecule has 5 nitrogen and oxygen atoms in total. The van der Waals surface area contributed by atoms with E-state index < -0.39 is 0 Å². The molecule has 0 fully saturated rings. The van der Waals surface area contributed by atoms with Crippen LogP contribution in [0.4, 0.5) is 0 Å². The van der Waals surface area contributed by atoms with Crippen LogP contribution in [-0.4, -0.2) is 50.8 Å². The lowest BCUT2D eigenvalue weighted by molar-refractivity contribution is -0.131. The van der Waals surface area contributed by atoms with Gasteiger partial charge in [-0.15, -0.1) is 0 Å². The predicted molar refractivity (Wildman–Crippen MR) is 92.1 cm³/mol. The standard InChI is InChI=1S/C17H24BrNO4/c1-12(2)11-19(4-5-21-3)17(20)9-13-8-15-16(10-14(13)18)23-7-6-22-15/h8,10,12H,4-7,9,11H2,1-3H3. The molecule has 0 radical (unpaired) electrons. The number of amides is 1. The van der Waals surface area contributed by atoms with Crippen molar-refractivity contribution in [3.05, 3.63) is 22.2 Å². The Morgan fingerprint density at radius 2 is 1.96 bits per heavy atom. The molecule has 1 aliphatic rings. The van der Waals surface area contributed by atoms with Gasteiger partial charge in [-0.2, -0.15) is 0 Å². The fourth-order valence-corrected chi connectivity index (χ4v) is 2.94. The van der Waals surface area contributed by atoms with Crippen molar-refractivity contribution in [3.63, 3.8) is 0 Å². The highest BCUT2D eigenvalue weighted by molar-refractivity contribution is 9.10. The lowest BCUT2D eigenvalue weighted by Crippen LogP contribution is -2.37. The molecule has 1 aliphatic heterocycles. The SMILES string of the molecule is COCCN(CC(C)C)C(=O)Cc1cc2c(cc1Br)OCCO2. The van der Waals surface area contributed by atoms with Crippen LogP contribution in [0.15, 0.2) is 16.6 Å². The Bertz CT molecular complexity index is 548. The first-order valence-electron chi connectivity index (χ1n) is 7.86. The Morgan fingerprint density at radius 1 is 1.30 bits per heavy atom. The van der Waals surface area contributed by atoms with Gasteiger partial charge in [0, 0.05) is 24.7 Å². The van der Waals surface area contributed by atoms with Crippen molar-refractivity contribution in [2.45, 2.75) is 20.3 Å². The van der Waals surface area contributed by atoms with E-state index in [1.807, 2.05) is 17.0 Å². The van der Waals surface area contributed by atoms with E-state index in [1.165, 1.54) is 0 Å². The number of ether oxygens (including phenoxy) is 3. The maximum Gasteiger partial charge on any atom is 0.227 e. The fraction of sp³-hybridized carbons (Fsp3) is 0.588. The maximum atomic E-state index is 12.7. The van der Waals surface area contributed by atoms with Gasteiger partial charge in [-0.25, -0.2) is 0 Å². The van der Waals surface area contributed by atoms with Crippen molar-refractivity contribution in [2.24, 2.45) is 5.92 Å². The molecule has 0 bridgehead atoms. The fourth-order valence-electron chi connectivity index (χ4n) is 2.48. The van der Waals surface area contributed by atoms with E-state index in [0.717, 1.165) is 22.3 Å². The smallest absolute Gasteiger partial charge is 0.227 e. The molecule has 0 spiro atoms. The van der Waals surface area contributed by atoms with E-state index in [-0.39, 0.29) is 5.91 Å². The summed E-state index contributed by atoms with van der Waals surface area (Å²) in [5.74, 6) is 1.93. The van der Waals surface area contributed by atoms with Crippen molar-refractivity contribution < 1.29 is 19.0 Å². The van der Waals surface area contributed by atoms with Gasteiger partial charge in [-0.1, -0.05) is 29.8 Å². The van der Waals surface area contributed by atoms with E-state index >= 15 is 0 Å². The maximum absolute atomic E-state index is 12.7. The van der Waals surface area contributed by atoms with E-state index in [9.17, 15) is 4.79 Å². The zero-order chi connectivity index (χ0) is 16.8. The van der Waals surface area contributed by atoms with Crippen LogP contribution in [0.2, 0.25) is 0 Å². The molecule has 1 aromatic carbocycles. The molecule has 128 valence electrons. The highest BCUT2D eigenvalue weighted by atomic mass is 79.9. The number of hydrogen-bond acceptors (Lipinski definition) is 4. The van der Waals surface area contributed by atoms with Gasteiger partial charge in [0.05, 0.1) is 13.0 Å². The second-order valence-electron chi connectivity index (χ2n) is 5.99. The van der Waals surface area contributed by atoms with Gasteiger partial charge >= 0.3 is 0 Å². The summed E-state index contributed by atoms with van der Waals surface area (Å²) >= 11 is 3.53. The van der Waals surface area contributed by atoms with Gasteiger partial charge in [0.15, 0.2) is 11.5 Å². The summed E-state index contributed by atoms with van der Waals surface area (Å²) in [4.78, 5) is 14.5. The van der Waals surface area contributed by atoms with Gasteiger partial charge in [-0.05, 0) is 23.6 Å². The van der Waals surface area contributed by atoms with Crippen LogP contribution < -0.4 is 9.47 Å². The number of methoxy groups -OCH3 is 1. The van der Waals surface area contributed by atoms with Crippen molar-refractivity contribution in [1.82, 2.24) is 4.90 Å². The summed E-state index contributed by atoms with van der Waals surface area (Å²) in [6, 6.07) is 3.76. The molecule has 0 aromatic heterocycles. The topological polar surface area (TPSA) is 48.0 Å². The molecule has 23 heavy (non-hydrogen) atoms. The summed E-state index contributed by atoms with van der Waals surface area (Å²) in [5.41, 5.74) is 0.908. The Kier molecular flexibility index (Phi) is 6.72. The van der Waals surface area contributed by atoms with E-state index in [0.29, 0.717) is 44.5 Å². The number of carbonyl (C=O) groups is 1. The molecule has 1 heterocycles. The van der Waals surface area contributed by atoms with Crippen LogP contribution in [0.5, 0.6) is 11.5 Å². The third-order valence-corrected chi connectivity index (χ3v) is 4.29. The number of carbonyl (C=O) groups excluding carboxylic acids is 1. The number of hydrogen-bond donors (Lipinski definition) is 0.